The Kier molecular flexibility index (Phi) is 5.90. The van der Waals surface area contributed by atoms with Crippen molar-refractivity contribution < 1.29 is 14.6 Å². The average molecular weight is 394 g/mol. The zero-order valence-corrected chi connectivity index (χ0v) is 16.4. The highest BCUT2D eigenvalue weighted by Crippen LogP contribution is 2.24. The van der Waals surface area contributed by atoms with Crippen LogP contribution in [0.3, 0.4) is 0 Å². The summed E-state index contributed by atoms with van der Waals surface area (Å²) in [6, 6.07) is 35.6. The minimum atomic E-state index is -0.978. The number of hydrogen-bond donors (Lipinski definition) is 1. The molecule has 0 bridgehead atoms. The molecule has 0 amide bonds. The molecule has 0 spiro atoms. The van der Waals surface area contributed by atoms with E-state index in [9.17, 15) is 9.90 Å². The molecule has 1 atom stereocenters. The molecular formula is C27H22O3. The van der Waals surface area contributed by atoms with E-state index in [1.165, 1.54) is 0 Å². The maximum absolute atomic E-state index is 11.8. The van der Waals surface area contributed by atoms with Gasteiger partial charge in [-0.1, -0.05) is 97.1 Å². The monoisotopic (exact) mass is 394 g/mol. The van der Waals surface area contributed by atoms with Crippen LogP contribution in [0.25, 0.3) is 22.3 Å². The number of hydrogen-bond acceptors (Lipinski definition) is 2. The fraction of sp³-hybridized carbons (Fsp3) is 0.0741. The third kappa shape index (κ3) is 4.76. The van der Waals surface area contributed by atoms with Crippen LogP contribution >= 0.6 is 0 Å². The third-order valence-electron chi connectivity index (χ3n) is 5.00. The first-order chi connectivity index (χ1) is 14.7. The highest BCUT2D eigenvalue weighted by Gasteiger charge is 2.20. The van der Waals surface area contributed by atoms with E-state index >= 15 is 0 Å². The Morgan fingerprint density at radius 1 is 0.633 bits per heavy atom. The van der Waals surface area contributed by atoms with Crippen molar-refractivity contribution in [1.29, 1.82) is 0 Å². The molecule has 0 aromatic heterocycles. The molecule has 0 heterocycles. The van der Waals surface area contributed by atoms with Gasteiger partial charge in [0.1, 0.15) is 5.75 Å². The molecule has 1 N–H and O–H groups in total. The SMILES string of the molecule is O=C(O)[C@@H](Cc1ccc(-c2ccccc2)cc1)Oc1ccc(-c2ccccc2)cc1. The van der Waals surface area contributed by atoms with Crippen LogP contribution in [0.15, 0.2) is 109 Å². The Morgan fingerprint density at radius 3 is 1.53 bits per heavy atom. The summed E-state index contributed by atoms with van der Waals surface area (Å²) in [5.74, 6) is -0.433. The van der Waals surface area contributed by atoms with Gasteiger partial charge in [-0.2, -0.15) is 0 Å². The number of carboxylic acid groups (broad SMARTS) is 1. The molecule has 0 aliphatic carbocycles. The van der Waals surface area contributed by atoms with Crippen molar-refractivity contribution in [2.24, 2.45) is 0 Å². The molecule has 0 saturated heterocycles. The van der Waals surface area contributed by atoms with E-state index in [1.54, 1.807) is 0 Å². The zero-order chi connectivity index (χ0) is 20.8. The minimum absolute atomic E-state index is 0.296. The summed E-state index contributed by atoms with van der Waals surface area (Å²) >= 11 is 0. The summed E-state index contributed by atoms with van der Waals surface area (Å²) in [5, 5.41) is 9.64. The Labute approximate surface area is 176 Å². The summed E-state index contributed by atoms with van der Waals surface area (Å²) in [5.41, 5.74) is 5.32. The molecule has 0 aliphatic rings. The lowest BCUT2D eigenvalue weighted by atomic mass is 10.0. The van der Waals surface area contributed by atoms with E-state index in [0.29, 0.717) is 12.2 Å². The molecule has 148 valence electrons. The van der Waals surface area contributed by atoms with Crippen LogP contribution in [0.2, 0.25) is 0 Å². The van der Waals surface area contributed by atoms with Crippen molar-refractivity contribution in [3.63, 3.8) is 0 Å². The average Bonchev–Trinajstić information content (AvgIpc) is 2.81. The molecule has 4 rings (SSSR count). The molecule has 4 aromatic rings. The van der Waals surface area contributed by atoms with Crippen molar-refractivity contribution in [2.75, 3.05) is 0 Å². The van der Waals surface area contributed by atoms with Gasteiger partial charge in [0, 0.05) is 6.42 Å². The van der Waals surface area contributed by atoms with Crippen molar-refractivity contribution in [2.45, 2.75) is 12.5 Å². The predicted octanol–water partition coefficient (Wildman–Crippen LogP) is 6.10. The highest BCUT2D eigenvalue weighted by atomic mass is 16.5. The lowest BCUT2D eigenvalue weighted by molar-refractivity contribution is -0.145. The van der Waals surface area contributed by atoms with Gasteiger partial charge in [0.05, 0.1) is 0 Å². The predicted molar refractivity (Wildman–Crippen MR) is 120 cm³/mol. The van der Waals surface area contributed by atoms with E-state index in [0.717, 1.165) is 27.8 Å². The maximum atomic E-state index is 11.8. The largest absolute Gasteiger partial charge is 0.478 e. The van der Waals surface area contributed by atoms with E-state index in [2.05, 4.69) is 12.1 Å². The van der Waals surface area contributed by atoms with Gasteiger partial charge in [-0.15, -0.1) is 0 Å². The zero-order valence-electron chi connectivity index (χ0n) is 16.4. The Morgan fingerprint density at radius 2 is 1.07 bits per heavy atom. The van der Waals surface area contributed by atoms with E-state index in [-0.39, 0.29) is 0 Å². The van der Waals surface area contributed by atoms with Crippen molar-refractivity contribution in [3.8, 4) is 28.0 Å². The highest BCUT2D eigenvalue weighted by molar-refractivity contribution is 5.73. The third-order valence-corrected chi connectivity index (χ3v) is 5.00. The summed E-state index contributed by atoms with van der Waals surface area (Å²) in [7, 11) is 0. The van der Waals surface area contributed by atoms with Gasteiger partial charge in [-0.3, -0.25) is 0 Å². The summed E-state index contributed by atoms with van der Waals surface area (Å²) in [6.45, 7) is 0. The molecular weight excluding hydrogens is 372 g/mol. The van der Waals surface area contributed by atoms with Crippen molar-refractivity contribution in [3.05, 3.63) is 115 Å². The first-order valence-electron chi connectivity index (χ1n) is 9.88. The molecule has 4 aromatic carbocycles. The Bertz CT molecular complexity index is 1000. The fourth-order valence-electron chi connectivity index (χ4n) is 3.38. The van der Waals surface area contributed by atoms with Gasteiger partial charge in [0.15, 0.2) is 6.10 Å². The molecule has 30 heavy (non-hydrogen) atoms. The van der Waals surface area contributed by atoms with E-state index in [1.807, 2.05) is 97.1 Å². The van der Waals surface area contributed by atoms with Gasteiger partial charge < -0.3 is 9.84 Å². The first-order valence-corrected chi connectivity index (χ1v) is 9.88. The van der Waals surface area contributed by atoms with Gasteiger partial charge in [0.2, 0.25) is 0 Å². The van der Waals surface area contributed by atoms with Crippen LogP contribution in [0.1, 0.15) is 5.56 Å². The molecule has 3 heteroatoms. The molecule has 0 unspecified atom stereocenters. The van der Waals surface area contributed by atoms with Crippen LogP contribution in [-0.2, 0) is 11.2 Å². The van der Waals surface area contributed by atoms with Crippen LogP contribution in [0, 0.1) is 0 Å². The lowest BCUT2D eigenvalue weighted by Gasteiger charge is -2.16. The summed E-state index contributed by atoms with van der Waals surface area (Å²) < 4.78 is 5.79. The number of benzene rings is 4. The van der Waals surface area contributed by atoms with Crippen LogP contribution in [-0.4, -0.2) is 17.2 Å². The van der Waals surface area contributed by atoms with Crippen LogP contribution in [0.5, 0.6) is 5.75 Å². The lowest BCUT2D eigenvalue weighted by Crippen LogP contribution is -2.29. The number of carboxylic acids is 1. The first kappa shape index (κ1) is 19.5. The van der Waals surface area contributed by atoms with Crippen LogP contribution in [0.4, 0.5) is 0 Å². The standard InChI is InChI=1S/C27H22O3/c28-27(29)26(19-20-11-13-23(14-12-20)21-7-3-1-4-8-21)30-25-17-15-24(16-18-25)22-9-5-2-6-10-22/h1-18,26H,19H2,(H,28,29)/t26-/m1/s1. The minimum Gasteiger partial charge on any atom is -0.478 e. The quantitative estimate of drug-likeness (QED) is 0.412. The molecule has 0 fully saturated rings. The van der Waals surface area contributed by atoms with E-state index < -0.39 is 12.1 Å². The second-order valence-electron chi connectivity index (χ2n) is 7.10. The second-order valence-corrected chi connectivity index (χ2v) is 7.10. The number of aliphatic carboxylic acids is 1. The van der Waals surface area contributed by atoms with Gasteiger partial charge >= 0.3 is 5.97 Å². The Balaban J connectivity index is 1.45. The number of rotatable bonds is 7. The topological polar surface area (TPSA) is 46.5 Å². The van der Waals surface area contributed by atoms with Crippen LogP contribution < -0.4 is 4.74 Å². The van der Waals surface area contributed by atoms with Crippen molar-refractivity contribution >= 4 is 5.97 Å². The van der Waals surface area contributed by atoms with Gasteiger partial charge in [0.25, 0.3) is 0 Å². The molecule has 3 nitrogen and oxygen atoms in total. The molecule has 0 radical (unpaired) electrons. The fourth-order valence-corrected chi connectivity index (χ4v) is 3.38. The summed E-state index contributed by atoms with van der Waals surface area (Å²) in [4.78, 5) is 11.8. The normalized spacial score (nSPS) is 11.6. The summed E-state index contributed by atoms with van der Waals surface area (Å²) in [6.07, 6.45) is -0.652. The number of ether oxygens (including phenoxy) is 1. The molecule has 0 saturated carbocycles. The van der Waals surface area contributed by atoms with Gasteiger partial charge in [-0.25, -0.2) is 4.79 Å². The Hall–Kier alpha value is -3.85. The van der Waals surface area contributed by atoms with E-state index in [4.69, 9.17) is 4.74 Å². The smallest absolute Gasteiger partial charge is 0.345 e. The second kappa shape index (κ2) is 9.10. The number of carbonyl (C=O) groups is 1. The molecule has 0 aliphatic heterocycles. The maximum Gasteiger partial charge on any atom is 0.345 e. The van der Waals surface area contributed by atoms with Gasteiger partial charge in [-0.05, 0) is 39.9 Å². The van der Waals surface area contributed by atoms with Crippen molar-refractivity contribution in [1.82, 2.24) is 0 Å².